The van der Waals surface area contributed by atoms with Crippen molar-refractivity contribution in [1.82, 2.24) is 0 Å². The maximum absolute atomic E-state index is 12.2. The molecule has 29 heavy (non-hydrogen) atoms. The first-order valence-electron chi connectivity index (χ1n) is 8.79. The van der Waals surface area contributed by atoms with Gasteiger partial charge in [0.2, 0.25) is 10.0 Å². The zero-order valence-corrected chi connectivity index (χ0v) is 16.9. The predicted molar refractivity (Wildman–Crippen MR) is 107 cm³/mol. The van der Waals surface area contributed by atoms with Gasteiger partial charge in [0.1, 0.15) is 0 Å². The van der Waals surface area contributed by atoms with Gasteiger partial charge in [-0.25, -0.2) is 13.6 Å². The van der Waals surface area contributed by atoms with E-state index in [0.717, 1.165) is 5.56 Å². The molecule has 0 fully saturated rings. The van der Waals surface area contributed by atoms with E-state index in [0.29, 0.717) is 5.56 Å². The number of nitrogens with one attached hydrogen (secondary N) is 1. The number of sulfonamides is 1. The van der Waals surface area contributed by atoms with Crippen LogP contribution in [-0.4, -0.2) is 32.2 Å². The minimum absolute atomic E-state index is 0.0351. The molecule has 9 heteroatoms. The van der Waals surface area contributed by atoms with E-state index < -0.39 is 28.0 Å². The number of rotatable bonds is 8. The average Bonchev–Trinajstić information content (AvgIpc) is 2.66. The molecule has 0 saturated carbocycles. The van der Waals surface area contributed by atoms with Crippen molar-refractivity contribution < 1.29 is 27.5 Å². The molecule has 0 aromatic heterocycles. The molecule has 0 bridgehead atoms. The number of esters is 1. The molecule has 1 amide bonds. The lowest BCUT2D eigenvalue weighted by molar-refractivity contribution is -0.153. The molecule has 0 heterocycles. The van der Waals surface area contributed by atoms with Crippen molar-refractivity contribution in [1.29, 1.82) is 0 Å². The van der Waals surface area contributed by atoms with Gasteiger partial charge in [0, 0.05) is 17.7 Å². The highest BCUT2D eigenvalue weighted by Gasteiger charge is 2.19. The highest BCUT2D eigenvalue weighted by Crippen LogP contribution is 2.15. The summed E-state index contributed by atoms with van der Waals surface area (Å²) in [4.78, 5) is 36.0. The van der Waals surface area contributed by atoms with E-state index in [9.17, 15) is 22.8 Å². The number of hydrogen-bond acceptors (Lipinski definition) is 6. The first-order chi connectivity index (χ1) is 13.6. The van der Waals surface area contributed by atoms with Gasteiger partial charge >= 0.3 is 5.97 Å². The maximum atomic E-state index is 12.2. The monoisotopic (exact) mass is 418 g/mol. The summed E-state index contributed by atoms with van der Waals surface area (Å²) in [5.41, 5.74) is 1.72. The fraction of sp³-hybridized carbons (Fsp3) is 0.250. The molecule has 2 aromatic carbocycles. The Bertz CT molecular complexity index is 1020. The molecule has 2 rings (SSSR count). The Morgan fingerprint density at radius 1 is 1.07 bits per heavy atom. The number of nitrogens with two attached hydrogens (primary N) is 1. The molecule has 0 aliphatic rings. The molecule has 8 nitrogen and oxygen atoms in total. The van der Waals surface area contributed by atoms with Gasteiger partial charge in [0.15, 0.2) is 11.9 Å². The summed E-state index contributed by atoms with van der Waals surface area (Å²) in [6, 6.07) is 12.4. The van der Waals surface area contributed by atoms with Crippen LogP contribution in [0.4, 0.5) is 5.69 Å². The van der Waals surface area contributed by atoms with Crippen LogP contribution in [0.3, 0.4) is 0 Å². The van der Waals surface area contributed by atoms with Crippen LogP contribution in [0, 0.1) is 6.92 Å². The van der Waals surface area contributed by atoms with Gasteiger partial charge < -0.3 is 10.1 Å². The van der Waals surface area contributed by atoms with E-state index in [4.69, 9.17) is 9.88 Å². The summed E-state index contributed by atoms with van der Waals surface area (Å²) >= 11 is 0. The fourth-order valence-corrected chi connectivity index (χ4v) is 2.96. The second-order valence-corrected chi connectivity index (χ2v) is 8.04. The summed E-state index contributed by atoms with van der Waals surface area (Å²) < 4.78 is 27.8. The quantitative estimate of drug-likeness (QED) is 0.499. The van der Waals surface area contributed by atoms with Crippen LogP contribution in [0.15, 0.2) is 53.4 Å². The second kappa shape index (κ2) is 9.44. The van der Waals surface area contributed by atoms with Crippen LogP contribution in [0.5, 0.6) is 0 Å². The van der Waals surface area contributed by atoms with E-state index in [1.165, 1.54) is 31.2 Å². The summed E-state index contributed by atoms with van der Waals surface area (Å²) in [6.45, 7) is 3.28. The number of hydrogen-bond donors (Lipinski definition) is 2. The molecule has 0 aliphatic heterocycles. The Morgan fingerprint density at radius 2 is 1.72 bits per heavy atom. The molecule has 0 saturated heterocycles. The van der Waals surface area contributed by atoms with Crippen LogP contribution in [0.25, 0.3) is 0 Å². The first kappa shape index (κ1) is 22.3. The SMILES string of the molecule is Cc1ccc(C(=O)CCC(=O)O[C@H](C)C(=O)Nc2cccc(S(N)(=O)=O)c2)cc1. The number of carbonyl (C=O) groups excluding carboxylic acids is 3. The summed E-state index contributed by atoms with van der Waals surface area (Å²) in [6.07, 6.45) is -1.33. The van der Waals surface area contributed by atoms with Crippen LogP contribution >= 0.6 is 0 Å². The minimum atomic E-state index is -3.91. The maximum Gasteiger partial charge on any atom is 0.307 e. The summed E-state index contributed by atoms with van der Waals surface area (Å²) in [5, 5.41) is 7.50. The third-order valence-electron chi connectivity index (χ3n) is 4.04. The Balaban J connectivity index is 1.86. The number of ether oxygens (including phenoxy) is 1. The zero-order chi connectivity index (χ0) is 21.6. The van der Waals surface area contributed by atoms with Gasteiger partial charge in [-0.1, -0.05) is 35.9 Å². The number of aryl methyl sites for hydroxylation is 1. The van der Waals surface area contributed by atoms with Crippen molar-refractivity contribution in [2.24, 2.45) is 5.14 Å². The lowest BCUT2D eigenvalue weighted by atomic mass is 10.1. The Morgan fingerprint density at radius 3 is 2.34 bits per heavy atom. The van der Waals surface area contributed by atoms with Crippen molar-refractivity contribution in [3.05, 3.63) is 59.7 Å². The lowest BCUT2D eigenvalue weighted by Gasteiger charge is -2.14. The predicted octanol–water partition coefficient (Wildman–Crippen LogP) is 2.18. The normalized spacial score (nSPS) is 12.1. The third-order valence-corrected chi connectivity index (χ3v) is 4.95. The van der Waals surface area contributed by atoms with Crippen molar-refractivity contribution in [2.75, 3.05) is 5.32 Å². The molecule has 0 spiro atoms. The van der Waals surface area contributed by atoms with Gasteiger partial charge in [0.05, 0.1) is 11.3 Å². The smallest absolute Gasteiger partial charge is 0.307 e. The van der Waals surface area contributed by atoms with Crippen LogP contribution < -0.4 is 10.5 Å². The van der Waals surface area contributed by atoms with Gasteiger partial charge in [-0.3, -0.25) is 14.4 Å². The van der Waals surface area contributed by atoms with Crippen LogP contribution in [0.1, 0.15) is 35.7 Å². The molecule has 0 aliphatic carbocycles. The zero-order valence-electron chi connectivity index (χ0n) is 16.0. The van der Waals surface area contributed by atoms with E-state index in [2.05, 4.69) is 5.32 Å². The number of ketones is 1. The van der Waals surface area contributed by atoms with Crippen LogP contribution in [0.2, 0.25) is 0 Å². The molecule has 1 atom stereocenters. The Hall–Kier alpha value is -3.04. The number of primary sulfonamides is 1. The van der Waals surface area contributed by atoms with E-state index in [-0.39, 0.29) is 29.2 Å². The first-order valence-corrected chi connectivity index (χ1v) is 10.3. The summed E-state index contributed by atoms with van der Waals surface area (Å²) in [7, 11) is -3.91. The molecule has 154 valence electrons. The fourth-order valence-electron chi connectivity index (χ4n) is 2.40. The van der Waals surface area contributed by atoms with Gasteiger partial charge in [-0.2, -0.15) is 0 Å². The molecular formula is C20H22N2O6S. The average molecular weight is 418 g/mol. The highest BCUT2D eigenvalue weighted by atomic mass is 32.2. The van der Waals surface area contributed by atoms with E-state index in [1.807, 2.05) is 19.1 Å². The largest absolute Gasteiger partial charge is 0.453 e. The van der Waals surface area contributed by atoms with Crippen molar-refractivity contribution in [3.63, 3.8) is 0 Å². The van der Waals surface area contributed by atoms with E-state index >= 15 is 0 Å². The standard InChI is InChI=1S/C20H22N2O6S/c1-13-6-8-15(9-7-13)18(23)10-11-19(24)28-14(2)20(25)22-16-4-3-5-17(12-16)29(21,26)27/h3-9,12,14H,10-11H2,1-2H3,(H,22,25)(H2,21,26,27)/t14-/m1/s1. The van der Waals surface area contributed by atoms with Crippen molar-refractivity contribution in [2.45, 2.75) is 37.7 Å². The van der Waals surface area contributed by atoms with Crippen LogP contribution in [-0.2, 0) is 24.3 Å². The van der Waals surface area contributed by atoms with Crippen molar-refractivity contribution in [3.8, 4) is 0 Å². The summed E-state index contributed by atoms with van der Waals surface area (Å²) in [5.74, 6) is -1.53. The number of amides is 1. The molecule has 0 unspecified atom stereocenters. The number of benzene rings is 2. The van der Waals surface area contributed by atoms with Gasteiger partial charge in [-0.05, 0) is 32.0 Å². The number of Topliss-reactive ketones (excluding diaryl/α,β-unsaturated/α-hetero) is 1. The Labute approximate surface area is 169 Å². The van der Waals surface area contributed by atoms with Crippen molar-refractivity contribution >= 4 is 33.4 Å². The number of carbonyl (C=O) groups is 3. The van der Waals surface area contributed by atoms with Gasteiger partial charge in [-0.15, -0.1) is 0 Å². The Kier molecular flexibility index (Phi) is 7.24. The minimum Gasteiger partial charge on any atom is -0.453 e. The second-order valence-electron chi connectivity index (χ2n) is 6.48. The molecule has 0 radical (unpaired) electrons. The molecular weight excluding hydrogens is 396 g/mol. The van der Waals surface area contributed by atoms with E-state index in [1.54, 1.807) is 12.1 Å². The lowest BCUT2D eigenvalue weighted by Crippen LogP contribution is -2.30. The molecule has 3 N–H and O–H groups in total. The van der Waals surface area contributed by atoms with Gasteiger partial charge in [0.25, 0.3) is 5.91 Å². The topological polar surface area (TPSA) is 133 Å². The third kappa shape index (κ3) is 6.81. The highest BCUT2D eigenvalue weighted by molar-refractivity contribution is 7.89. The number of anilines is 1. The molecule has 2 aromatic rings.